The summed E-state index contributed by atoms with van der Waals surface area (Å²) in [5.41, 5.74) is 2.73. The van der Waals surface area contributed by atoms with E-state index in [0.717, 1.165) is 15.6 Å². The lowest BCUT2D eigenvalue weighted by molar-refractivity contribution is 0.137. The molecule has 0 spiro atoms. The highest BCUT2D eigenvalue weighted by molar-refractivity contribution is 5.60. The Labute approximate surface area is 119 Å². The summed E-state index contributed by atoms with van der Waals surface area (Å²) in [6.07, 6.45) is -2.72. The molecule has 0 aliphatic heterocycles. The molecule has 0 aliphatic rings. The van der Waals surface area contributed by atoms with Crippen LogP contribution in [-0.2, 0) is 11.3 Å². The van der Waals surface area contributed by atoms with Crippen LogP contribution in [0.2, 0.25) is 0 Å². The smallest absolute Gasteiger partial charge is 0.299 e. The van der Waals surface area contributed by atoms with Gasteiger partial charge < -0.3 is 4.74 Å². The van der Waals surface area contributed by atoms with Gasteiger partial charge in [0.05, 0.1) is 12.3 Å². The van der Waals surface area contributed by atoms with Crippen LogP contribution in [0.15, 0.2) is 36.4 Å². The van der Waals surface area contributed by atoms with Crippen molar-refractivity contribution in [2.45, 2.75) is 13.0 Å². The van der Waals surface area contributed by atoms with Gasteiger partial charge in [0, 0.05) is 12.7 Å². The number of rotatable bonds is 4. The van der Waals surface area contributed by atoms with E-state index in [1.54, 1.807) is 19.2 Å². The van der Waals surface area contributed by atoms with Gasteiger partial charge in [-0.25, -0.2) is 8.78 Å². The molecule has 3 rings (SSSR count). The van der Waals surface area contributed by atoms with Gasteiger partial charge in [-0.2, -0.15) is 9.61 Å². The van der Waals surface area contributed by atoms with Crippen LogP contribution in [0.3, 0.4) is 0 Å². The third kappa shape index (κ3) is 2.59. The van der Waals surface area contributed by atoms with Crippen LogP contribution in [0.4, 0.5) is 8.78 Å². The van der Waals surface area contributed by atoms with Crippen LogP contribution < -0.4 is 0 Å². The van der Waals surface area contributed by atoms with Crippen molar-refractivity contribution < 1.29 is 13.5 Å². The molecule has 2 aromatic heterocycles. The molecular weight excluding hydrogens is 278 g/mol. The number of alkyl halides is 2. The lowest BCUT2D eigenvalue weighted by atomic mass is 10.1. The maximum atomic E-state index is 12.8. The molecule has 0 fully saturated rings. The largest absolute Gasteiger partial charge is 0.380 e. The molecule has 3 aromatic rings. The minimum atomic E-state index is -2.72. The van der Waals surface area contributed by atoms with Gasteiger partial charge in [0.25, 0.3) is 6.43 Å². The highest BCUT2D eigenvalue weighted by Gasteiger charge is 2.17. The molecule has 0 N–H and O–H groups in total. The molecule has 108 valence electrons. The zero-order chi connectivity index (χ0) is 14.8. The quantitative estimate of drug-likeness (QED) is 0.741. The van der Waals surface area contributed by atoms with Gasteiger partial charge >= 0.3 is 0 Å². The van der Waals surface area contributed by atoms with E-state index in [0.29, 0.717) is 17.9 Å². The van der Waals surface area contributed by atoms with Gasteiger partial charge in [0.2, 0.25) is 5.82 Å². The van der Waals surface area contributed by atoms with Crippen LogP contribution in [0.1, 0.15) is 17.8 Å². The molecule has 0 aliphatic carbocycles. The van der Waals surface area contributed by atoms with Gasteiger partial charge in [0.15, 0.2) is 5.65 Å². The fourth-order valence-corrected chi connectivity index (χ4v) is 2.03. The Morgan fingerprint density at radius 1 is 1.10 bits per heavy atom. The number of hydrogen-bond acceptors (Lipinski definition) is 4. The third-order valence-electron chi connectivity index (χ3n) is 3.04. The fourth-order valence-electron chi connectivity index (χ4n) is 2.03. The van der Waals surface area contributed by atoms with Crippen molar-refractivity contribution in [2.24, 2.45) is 0 Å². The summed E-state index contributed by atoms with van der Waals surface area (Å²) in [6.45, 7) is 0.522. The molecular formula is C14H12F2N4O. The molecule has 2 heterocycles. The molecule has 0 saturated heterocycles. The van der Waals surface area contributed by atoms with E-state index in [9.17, 15) is 8.78 Å². The highest BCUT2D eigenvalue weighted by atomic mass is 19.3. The Morgan fingerprint density at radius 3 is 2.52 bits per heavy atom. The summed E-state index contributed by atoms with van der Waals surface area (Å²) >= 11 is 0. The summed E-state index contributed by atoms with van der Waals surface area (Å²) in [6, 6.07) is 10.9. The van der Waals surface area contributed by atoms with Gasteiger partial charge in [0.1, 0.15) is 0 Å². The Balaban J connectivity index is 2.01. The fraction of sp³-hybridized carbons (Fsp3) is 0.214. The lowest BCUT2D eigenvalue weighted by Crippen LogP contribution is -2.00. The first-order valence-electron chi connectivity index (χ1n) is 6.28. The highest BCUT2D eigenvalue weighted by Crippen LogP contribution is 2.21. The number of halogens is 2. The number of methoxy groups -OCH3 is 1. The number of aromatic nitrogens is 4. The topological polar surface area (TPSA) is 52.3 Å². The van der Waals surface area contributed by atoms with E-state index in [4.69, 9.17) is 4.74 Å². The Bertz CT molecular complexity index is 755. The van der Waals surface area contributed by atoms with Crippen molar-refractivity contribution in [2.75, 3.05) is 7.11 Å². The lowest BCUT2D eigenvalue weighted by Gasteiger charge is -2.04. The average molecular weight is 290 g/mol. The predicted octanol–water partition coefficient (Wildman–Crippen LogP) is 2.88. The first-order valence-corrected chi connectivity index (χ1v) is 6.28. The normalized spacial score (nSPS) is 11.4. The van der Waals surface area contributed by atoms with Crippen molar-refractivity contribution in [3.63, 3.8) is 0 Å². The van der Waals surface area contributed by atoms with Crippen molar-refractivity contribution >= 4 is 5.65 Å². The SMILES string of the molecule is COCc1ccc(-c2ccc3nnc(C(F)F)n3n2)cc1. The molecule has 7 heteroatoms. The Hall–Kier alpha value is -2.41. The van der Waals surface area contributed by atoms with Gasteiger partial charge in [-0.3, -0.25) is 0 Å². The first-order chi connectivity index (χ1) is 10.2. The molecule has 0 radical (unpaired) electrons. The monoisotopic (exact) mass is 290 g/mol. The summed E-state index contributed by atoms with van der Waals surface area (Å²) in [5.74, 6) is -0.456. The van der Waals surface area contributed by atoms with Crippen LogP contribution in [0.5, 0.6) is 0 Å². The molecule has 21 heavy (non-hydrogen) atoms. The summed E-state index contributed by atoms with van der Waals surface area (Å²) < 4.78 is 31.8. The van der Waals surface area contributed by atoms with E-state index in [1.165, 1.54) is 0 Å². The van der Waals surface area contributed by atoms with Crippen LogP contribution in [-0.4, -0.2) is 26.9 Å². The number of nitrogens with zero attached hydrogens (tertiary/aromatic N) is 4. The van der Waals surface area contributed by atoms with Crippen molar-refractivity contribution in [1.82, 2.24) is 19.8 Å². The predicted molar refractivity (Wildman–Crippen MR) is 71.9 cm³/mol. The van der Waals surface area contributed by atoms with Crippen LogP contribution in [0.25, 0.3) is 16.9 Å². The Kier molecular flexibility index (Phi) is 3.57. The summed E-state index contributed by atoms with van der Waals surface area (Å²) in [4.78, 5) is 0. The zero-order valence-electron chi connectivity index (χ0n) is 11.2. The minimum Gasteiger partial charge on any atom is -0.380 e. The first kappa shape index (κ1) is 13.6. The molecule has 1 aromatic carbocycles. The second-order valence-electron chi connectivity index (χ2n) is 4.48. The van der Waals surface area contributed by atoms with E-state index >= 15 is 0 Å². The molecule has 0 bridgehead atoms. The zero-order valence-corrected chi connectivity index (χ0v) is 11.2. The summed E-state index contributed by atoms with van der Waals surface area (Å²) in [5, 5.41) is 11.3. The Morgan fingerprint density at radius 2 is 1.86 bits per heavy atom. The number of ether oxygens (including phenoxy) is 1. The third-order valence-corrected chi connectivity index (χ3v) is 3.04. The van der Waals surface area contributed by atoms with Gasteiger partial charge in [-0.05, 0) is 17.7 Å². The maximum Gasteiger partial charge on any atom is 0.299 e. The molecule has 5 nitrogen and oxygen atoms in total. The second kappa shape index (κ2) is 5.53. The van der Waals surface area contributed by atoms with Gasteiger partial charge in [-0.1, -0.05) is 24.3 Å². The van der Waals surface area contributed by atoms with Crippen molar-refractivity contribution in [1.29, 1.82) is 0 Å². The molecule has 0 amide bonds. The standard InChI is InChI=1S/C14H12F2N4O/c1-21-8-9-2-4-10(5-3-9)11-6-7-12-17-18-14(13(15)16)20(12)19-11/h2-7,13H,8H2,1H3. The molecule has 0 saturated carbocycles. The molecule has 0 atom stereocenters. The van der Waals surface area contributed by atoms with E-state index < -0.39 is 12.2 Å². The minimum absolute atomic E-state index is 0.296. The maximum absolute atomic E-state index is 12.8. The number of hydrogen-bond donors (Lipinski definition) is 0. The number of fused-ring (bicyclic) bond motifs is 1. The average Bonchev–Trinajstić information content (AvgIpc) is 2.91. The molecule has 0 unspecified atom stereocenters. The number of benzene rings is 1. The van der Waals surface area contributed by atoms with Crippen molar-refractivity contribution in [3.8, 4) is 11.3 Å². The van der Waals surface area contributed by atoms with Gasteiger partial charge in [-0.15, -0.1) is 10.2 Å². The van der Waals surface area contributed by atoms with E-state index in [1.807, 2.05) is 24.3 Å². The van der Waals surface area contributed by atoms with Crippen LogP contribution >= 0.6 is 0 Å². The summed E-state index contributed by atoms with van der Waals surface area (Å²) in [7, 11) is 1.63. The van der Waals surface area contributed by atoms with E-state index in [-0.39, 0.29) is 0 Å². The van der Waals surface area contributed by atoms with Crippen molar-refractivity contribution in [3.05, 3.63) is 47.8 Å². The van der Waals surface area contributed by atoms with E-state index in [2.05, 4.69) is 15.3 Å². The second-order valence-corrected chi connectivity index (χ2v) is 4.48. The van der Waals surface area contributed by atoms with Crippen LogP contribution in [0, 0.1) is 0 Å².